The number of carbonyl (C=O) groups excluding carboxylic acids is 1. The normalized spacial score (nSPS) is 33.6. The van der Waals surface area contributed by atoms with Gasteiger partial charge in [-0.15, -0.1) is 0 Å². The molecular weight excluding hydrogens is 210 g/mol. The molecule has 1 heterocycles. The molecular formula is C11H17NO4. The summed E-state index contributed by atoms with van der Waals surface area (Å²) in [4.78, 5) is 11.8. The van der Waals surface area contributed by atoms with Crippen molar-refractivity contribution in [3.05, 3.63) is 11.5 Å². The smallest absolute Gasteiger partial charge is 0.202 e. The monoisotopic (exact) mass is 227 g/mol. The number of allylic oxidation sites excluding steroid dienone is 1. The molecule has 0 radical (unpaired) electrons. The number of hydrogen-bond donors (Lipinski definition) is 1. The zero-order valence-corrected chi connectivity index (χ0v) is 9.83. The highest BCUT2D eigenvalue weighted by atomic mass is 16.8. The molecule has 90 valence electrons. The van der Waals surface area contributed by atoms with Gasteiger partial charge in [0.05, 0.1) is 19.4 Å². The molecule has 16 heavy (non-hydrogen) atoms. The third-order valence-corrected chi connectivity index (χ3v) is 2.89. The average Bonchev–Trinajstić information content (AvgIpc) is 2.41. The number of methoxy groups -OCH3 is 1. The van der Waals surface area contributed by atoms with E-state index in [1.54, 1.807) is 0 Å². The fraction of sp³-hybridized carbons (Fsp3) is 0.727. The van der Waals surface area contributed by atoms with Crippen LogP contribution in [0.4, 0.5) is 0 Å². The van der Waals surface area contributed by atoms with Crippen molar-refractivity contribution in [2.24, 2.45) is 5.73 Å². The molecule has 0 bridgehead atoms. The minimum Gasteiger partial charge on any atom is -0.491 e. The second-order valence-electron chi connectivity index (χ2n) is 4.81. The van der Waals surface area contributed by atoms with Gasteiger partial charge < -0.3 is 19.9 Å². The van der Waals surface area contributed by atoms with E-state index in [2.05, 4.69) is 0 Å². The summed E-state index contributed by atoms with van der Waals surface area (Å²) in [6.07, 6.45) is 0.742. The molecule has 0 aromatic rings. The summed E-state index contributed by atoms with van der Waals surface area (Å²) >= 11 is 0. The SMILES string of the molecule is COC1=C(N)C[C@@]2(COC(C)(C)O2)CC1=O. The van der Waals surface area contributed by atoms with Gasteiger partial charge in [0.2, 0.25) is 5.78 Å². The van der Waals surface area contributed by atoms with Crippen LogP contribution in [-0.2, 0) is 19.0 Å². The Morgan fingerprint density at radius 3 is 2.50 bits per heavy atom. The summed E-state index contributed by atoms with van der Waals surface area (Å²) in [7, 11) is 1.45. The third-order valence-electron chi connectivity index (χ3n) is 2.89. The lowest BCUT2D eigenvalue weighted by atomic mass is 9.86. The van der Waals surface area contributed by atoms with Crippen LogP contribution in [0, 0.1) is 0 Å². The fourth-order valence-corrected chi connectivity index (χ4v) is 2.35. The lowest BCUT2D eigenvalue weighted by Crippen LogP contribution is -2.42. The van der Waals surface area contributed by atoms with Gasteiger partial charge in [-0.05, 0) is 13.8 Å². The standard InChI is InChI=1S/C11H17NO4/c1-10(2)15-6-11(16-10)4-7(12)9(14-3)8(13)5-11/h4-6,12H2,1-3H3/t11-/m0/s1. The molecule has 0 aromatic carbocycles. The maximum Gasteiger partial charge on any atom is 0.202 e. The van der Waals surface area contributed by atoms with Gasteiger partial charge in [0.1, 0.15) is 5.60 Å². The maximum absolute atomic E-state index is 11.8. The van der Waals surface area contributed by atoms with E-state index < -0.39 is 11.4 Å². The molecule has 0 saturated carbocycles. The number of hydrogen-bond acceptors (Lipinski definition) is 5. The second-order valence-corrected chi connectivity index (χ2v) is 4.81. The van der Waals surface area contributed by atoms with Crippen molar-refractivity contribution in [1.29, 1.82) is 0 Å². The number of rotatable bonds is 1. The summed E-state index contributed by atoms with van der Waals surface area (Å²) < 4.78 is 16.3. The van der Waals surface area contributed by atoms with Crippen LogP contribution in [0.3, 0.4) is 0 Å². The molecule has 1 aliphatic carbocycles. The summed E-state index contributed by atoms with van der Waals surface area (Å²) in [5, 5.41) is 0. The lowest BCUT2D eigenvalue weighted by Gasteiger charge is -2.32. The first-order valence-electron chi connectivity index (χ1n) is 5.27. The zero-order valence-electron chi connectivity index (χ0n) is 9.83. The van der Waals surface area contributed by atoms with Crippen molar-refractivity contribution in [2.75, 3.05) is 13.7 Å². The molecule has 1 saturated heterocycles. The Morgan fingerprint density at radius 2 is 2.06 bits per heavy atom. The van der Waals surface area contributed by atoms with Crippen molar-refractivity contribution in [2.45, 2.75) is 38.1 Å². The van der Waals surface area contributed by atoms with Crippen LogP contribution in [0.2, 0.25) is 0 Å². The van der Waals surface area contributed by atoms with Crippen LogP contribution < -0.4 is 5.73 Å². The highest BCUT2D eigenvalue weighted by molar-refractivity contribution is 5.95. The van der Waals surface area contributed by atoms with E-state index in [0.717, 1.165) is 0 Å². The molecule has 5 heteroatoms. The first-order chi connectivity index (χ1) is 7.37. The minimum absolute atomic E-state index is 0.118. The van der Waals surface area contributed by atoms with Crippen LogP contribution in [0.15, 0.2) is 11.5 Å². The largest absolute Gasteiger partial charge is 0.491 e. The number of ether oxygens (including phenoxy) is 3. The van der Waals surface area contributed by atoms with Gasteiger partial charge in [-0.1, -0.05) is 0 Å². The Hall–Kier alpha value is -1.07. The molecule has 0 unspecified atom stereocenters. The summed E-state index contributed by atoms with van der Waals surface area (Å²) in [5.41, 5.74) is 5.66. The second kappa shape index (κ2) is 3.46. The van der Waals surface area contributed by atoms with Crippen LogP contribution >= 0.6 is 0 Å². The van der Waals surface area contributed by atoms with Crippen molar-refractivity contribution >= 4 is 5.78 Å². The molecule has 1 fully saturated rings. The molecule has 1 aliphatic heterocycles. The molecule has 0 aromatic heterocycles. The topological polar surface area (TPSA) is 70.8 Å². The van der Waals surface area contributed by atoms with Crippen LogP contribution in [0.5, 0.6) is 0 Å². The first-order valence-corrected chi connectivity index (χ1v) is 5.27. The highest BCUT2D eigenvalue weighted by Gasteiger charge is 2.50. The van der Waals surface area contributed by atoms with E-state index in [1.807, 2.05) is 13.8 Å². The van der Waals surface area contributed by atoms with E-state index in [1.165, 1.54) is 7.11 Å². The Morgan fingerprint density at radius 1 is 1.38 bits per heavy atom. The molecule has 1 atom stereocenters. The van der Waals surface area contributed by atoms with Gasteiger partial charge in [-0.3, -0.25) is 4.79 Å². The predicted molar refractivity (Wildman–Crippen MR) is 56.3 cm³/mol. The molecule has 0 amide bonds. The van der Waals surface area contributed by atoms with Gasteiger partial charge >= 0.3 is 0 Å². The van der Waals surface area contributed by atoms with E-state index in [9.17, 15) is 4.79 Å². The highest BCUT2D eigenvalue weighted by Crippen LogP contribution is 2.40. The zero-order chi connectivity index (χ0) is 12.0. The number of carbonyl (C=O) groups is 1. The summed E-state index contributed by atoms with van der Waals surface area (Å²) in [5.74, 6) is -0.503. The Labute approximate surface area is 94.5 Å². The Balaban J connectivity index is 2.24. The summed E-state index contributed by atoms with van der Waals surface area (Å²) in [6, 6.07) is 0. The van der Waals surface area contributed by atoms with E-state index in [-0.39, 0.29) is 18.0 Å². The fourth-order valence-electron chi connectivity index (χ4n) is 2.35. The van der Waals surface area contributed by atoms with E-state index >= 15 is 0 Å². The molecule has 2 aliphatic rings. The van der Waals surface area contributed by atoms with E-state index in [4.69, 9.17) is 19.9 Å². The number of Topliss-reactive ketones (excluding diaryl/α,β-unsaturated/α-hetero) is 1. The van der Waals surface area contributed by atoms with Gasteiger partial charge in [0.25, 0.3) is 0 Å². The van der Waals surface area contributed by atoms with E-state index in [0.29, 0.717) is 18.7 Å². The van der Waals surface area contributed by atoms with Crippen molar-refractivity contribution < 1.29 is 19.0 Å². The first kappa shape index (κ1) is 11.4. The van der Waals surface area contributed by atoms with Crippen LogP contribution in [0.25, 0.3) is 0 Å². The molecule has 2 N–H and O–H groups in total. The van der Waals surface area contributed by atoms with Crippen LogP contribution in [0.1, 0.15) is 26.7 Å². The number of nitrogens with two attached hydrogens (primary N) is 1. The van der Waals surface area contributed by atoms with Gasteiger partial charge in [-0.2, -0.15) is 0 Å². The third kappa shape index (κ3) is 1.81. The Bertz CT molecular complexity index is 361. The summed E-state index contributed by atoms with van der Waals surface area (Å²) in [6.45, 7) is 4.05. The van der Waals surface area contributed by atoms with Gasteiger partial charge in [-0.25, -0.2) is 0 Å². The van der Waals surface area contributed by atoms with Crippen LogP contribution in [-0.4, -0.2) is 30.9 Å². The quantitative estimate of drug-likeness (QED) is 0.713. The predicted octanol–water partition coefficient (Wildman–Crippen LogP) is 0.688. The van der Waals surface area contributed by atoms with Crippen molar-refractivity contribution in [3.8, 4) is 0 Å². The minimum atomic E-state index is -0.648. The van der Waals surface area contributed by atoms with Gasteiger partial charge in [0, 0.05) is 12.8 Å². The molecule has 1 spiro atoms. The number of ketones is 1. The maximum atomic E-state index is 11.8. The lowest BCUT2D eigenvalue weighted by molar-refractivity contribution is -0.166. The van der Waals surface area contributed by atoms with Gasteiger partial charge in [0.15, 0.2) is 11.5 Å². The Kier molecular flexibility index (Phi) is 2.47. The average molecular weight is 227 g/mol. The molecule has 5 nitrogen and oxygen atoms in total. The van der Waals surface area contributed by atoms with Crippen molar-refractivity contribution in [1.82, 2.24) is 0 Å². The molecule has 2 rings (SSSR count). The van der Waals surface area contributed by atoms with Crippen molar-refractivity contribution in [3.63, 3.8) is 0 Å².